The second kappa shape index (κ2) is 5.73. The lowest BCUT2D eigenvalue weighted by atomic mass is 10.1. The smallest absolute Gasteiger partial charge is 0.217 e. The van der Waals surface area contributed by atoms with Gasteiger partial charge in [0.2, 0.25) is 10.0 Å². The van der Waals surface area contributed by atoms with Gasteiger partial charge in [0.1, 0.15) is 15.6 Å². The van der Waals surface area contributed by atoms with Crippen molar-refractivity contribution >= 4 is 25.6 Å². The van der Waals surface area contributed by atoms with Crippen LogP contribution in [0.3, 0.4) is 0 Å². The minimum absolute atomic E-state index is 0.0108. The molecule has 2 saturated heterocycles. The predicted molar refractivity (Wildman–Crippen MR) is 75.6 cm³/mol. The first-order chi connectivity index (χ1) is 9.22. The Hall–Kier alpha value is -0.470. The number of ketones is 1. The highest BCUT2D eigenvalue weighted by atomic mass is 32.2. The van der Waals surface area contributed by atoms with Gasteiger partial charge in [0.15, 0.2) is 0 Å². The molecule has 116 valence electrons. The zero-order chi connectivity index (χ0) is 15.0. The zero-order valence-corrected chi connectivity index (χ0v) is 13.2. The average molecular weight is 323 g/mol. The summed E-state index contributed by atoms with van der Waals surface area (Å²) in [5, 5.41) is -0.612. The molecule has 0 aromatic heterocycles. The van der Waals surface area contributed by atoms with Gasteiger partial charge in [-0.05, 0) is 32.6 Å². The van der Waals surface area contributed by atoms with Crippen LogP contribution in [0.25, 0.3) is 0 Å². The summed E-state index contributed by atoms with van der Waals surface area (Å²) in [5.41, 5.74) is 0. The molecule has 0 aromatic rings. The number of sulfone groups is 1. The fraction of sp³-hybridized carbons (Fsp3) is 0.917. The SMILES string of the molecule is CC(=O)CC1CCCN1S(=O)(=O)C1CCS(=O)(=O)CC1. The number of rotatable bonds is 4. The summed E-state index contributed by atoms with van der Waals surface area (Å²) in [5.74, 6) is -0.118. The van der Waals surface area contributed by atoms with Crippen molar-refractivity contribution in [2.45, 2.75) is 50.3 Å². The van der Waals surface area contributed by atoms with Gasteiger partial charge < -0.3 is 0 Å². The Balaban J connectivity index is 2.12. The molecule has 0 spiro atoms. The number of hydrogen-bond acceptors (Lipinski definition) is 5. The molecule has 1 unspecified atom stereocenters. The molecule has 6 nitrogen and oxygen atoms in total. The summed E-state index contributed by atoms with van der Waals surface area (Å²) < 4.78 is 49.5. The molecule has 2 aliphatic heterocycles. The molecule has 0 N–H and O–H groups in total. The Bertz CT molecular complexity index is 567. The van der Waals surface area contributed by atoms with Gasteiger partial charge in [-0.2, -0.15) is 4.31 Å². The van der Waals surface area contributed by atoms with Gasteiger partial charge in [-0.1, -0.05) is 0 Å². The van der Waals surface area contributed by atoms with E-state index < -0.39 is 25.1 Å². The molecular weight excluding hydrogens is 302 g/mol. The molecule has 0 saturated carbocycles. The van der Waals surface area contributed by atoms with E-state index in [4.69, 9.17) is 0 Å². The first-order valence-corrected chi connectivity index (χ1v) is 10.3. The van der Waals surface area contributed by atoms with Crippen LogP contribution >= 0.6 is 0 Å². The van der Waals surface area contributed by atoms with Gasteiger partial charge in [-0.3, -0.25) is 4.79 Å². The summed E-state index contributed by atoms with van der Waals surface area (Å²) in [4.78, 5) is 11.2. The van der Waals surface area contributed by atoms with Crippen LogP contribution in [-0.4, -0.2) is 56.3 Å². The Morgan fingerprint density at radius 2 is 1.80 bits per heavy atom. The fourth-order valence-corrected chi connectivity index (χ4v) is 7.02. The number of Topliss-reactive ketones (excluding diaryl/α,β-unsaturated/α-hetero) is 1. The maximum Gasteiger partial charge on any atom is 0.217 e. The number of nitrogens with zero attached hydrogens (tertiary/aromatic N) is 1. The number of carbonyl (C=O) groups excluding carboxylic acids is 1. The lowest BCUT2D eigenvalue weighted by Gasteiger charge is -2.30. The predicted octanol–water partition coefficient (Wildman–Crippen LogP) is 0.337. The van der Waals surface area contributed by atoms with Crippen LogP contribution in [0.5, 0.6) is 0 Å². The van der Waals surface area contributed by atoms with E-state index in [0.29, 0.717) is 13.0 Å². The van der Waals surface area contributed by atoms with Crippen LogP contribution in [0, 0.1) is 0 Å². The molecule has 0 radical (unpaired) electrons. The molecule has 2 aliphatic rings. The summed E-state index contributed by atoms with van der Waals surface area (Å²) in [7, 11) is -6.56. The van der Waals surface area contributed by atoms with E-state index >= 15 is 0 Å². The molecule has 2 heterocycles. The number of hydrogen-bond donors (Lipinski definition) is 0. The maximum absolute atomic E-state index is 12.6. The minimum Gasteiger partial charge on any atom is -0.300 e. The van der Waals surface area contributed by atoms with Crippen molar-refractivity contribution in [3.8, 4) is 0 Å². The van der Waals surface area contributed by atoms with Crippen LogP contribution in [0.1, 0.15) is 39.0 Å². The molecular formula is C12H21NO5S2. The van der Waals surface area contributed by atoms with Crippen LogP contribution in [0.2, 0.25) is 0 Å². The number of sulfonamides is 1. The van der Waals surface area contributed by atoms with Crippen molar-refractivity contribution in [3.05, 3.63) is 0 Å². The van der Waals surface area contributed by atoms with E-state index in [-0.39, 0.29) is 42.6 Å². The quantitative estimate of drug-likeness (QED) is 0.744. The molecule has 0 amide bonds. The second-order valence-electron chi connectivity index (χ2n) is 5.71. The first-order valence-electron chi connectivity index (χ1n) is 6.93. The Kier molecular flexibility index (Phi) is 4.56. The van der Waals surface area contributed by atoms with E-state index in [9.17, 15) is 21.6 Å². The van der Waals surface area contributed by atoms with E-state index in [0.717, 1.165) is 6.42 Å². The Labute approximate surface area is 120 Å². The first kappa shape index (κ1) is 15.9. The lowest BCUT2D eigenvalue weighted by molar-refractivity contribution is -0.117. The molecule has 0 aliphatic carbocycles. The molecule has 8 heteroatoms. The summed E-state index contributed by atoms with van der Waals surface area (Å²) in [6.07, 6.45) is 2.08. The van der Waals surface area contributed by atoms with Crippen molar-refractivity contribution in [2.24, 2.45) is 0 Å². The normalized spacial score (nSPS) is 28.6. The lowest BCUT2D eigenvalue weighted by Crippen LogP contribution is -2.45. The van der Waals surface area contributed by atoms with Crippen LogP contribution in [-0.2, 0) is 24.7 Å². The molecule has 0 aromatic carbocycles. The van der Waals surface area contributed by atoms with E-state index in [1.54, 1.807) is 0 Å². The zero-order valence-electron chi connectivity index (χ0n) is 11.6. The van der Waals surface area contributed by atoms with Crippen LogP contribution in [0.4, 0.5) is 0 Å². The van der Waals surface area contributed by atoms with Crippen molar-refractivity contribution in [1.29, 1.82) is 0 Å². The van der Waals surface area contributed by atoms with E-state index in [2.05, 4.69) is 0 Å². The van der Waals surface area contributed by atoms with Crippen LogP contribution < -0.4 is 0 Å². The fourth-order valence-electron chi connectivity index (χ4n) is 3.04. The molecule has 0 bridgehead atoms. The Morgan fingerprint density at radius 3 is 2.35 bits per heavy atom. The second-order valence-corrected chi connectivity index (χ2v) is 10.2. The standard InChI is InChI=1S/C12H21NO5S2/c1-10(14)9-11-3-2-6-13(11)20(17,18)12-4-7-19(15,16)8-5-12/h11-12H,2-9H2,1H3. The van der Waals surface area contributed by atoms with Gasteiger partial charge in [-0.15, -0.1) is 0 Å². The highest BCUT2D eigenvalue weighted by Crippen LogP contribution is 2.30. The summed E-state index contributed by atoms with van der Waals surface area (Å²) >= 11 is 0. The minimum atomic E-state index is -3.49. The average Bonchev–Trinajstić information content (AvgIpc) is 2.76. The van der Waals surface area contributed by atoms with Crippen molar-refractivity contribution in [2.75, 3.05) is 18.1 Å². The molecule has 20 heavy (non-hydrogen) atoms. The van der Waals surface area contributed by atoms with E-state index in [1.807, 2.05) is 0 Å². The van der Waals surface area contributed by atoms with Gasteiger partial charge in [0.05, 0.1) is 16.8 Å². The molecule has 1 atom stereocenters. The topological polar surface area (TPSA) is 88.6 Å². The summed E-state index contributed by atoms with van der Waals surface area (Å²) in [6, 6.07) is -0.240. The maximum atomic E-state index is 12.6. The molecule has 2 rings (SSSR count). The number of carbonyl (C=O) groups is 1. The third-order valence-corrected chi connectivity index (χ3v) is 8.26. The highest BCUT2D eigenvalue weighted by molar-refractivity contribution is 7.92. The van der Waals surface area contributed by atoms with E-state index in [1.165, 1.54) is 11.2 Å². The highest BCUT2D eigenvalue weighted by Gasteiger charge is 2.41. The van der Waals surface area contributed by atoms with Crippen molar-refractivity contribution in [1.82, 2.24) is 4.31 Å². The monoisotopic (exact) mass is 323 g/mol. The van der Waals surface area contributed by atoms with Gasteiger partial charge in [0.25, 0.3) is 0 Å². The van der Waals surface area contributed by atoms with Crippen molar-refractivity contribution < 1.29 is 21.6 Å². The van der Waals surface area contributed by atoms with Crippen LogP contribution in [0.15, 0.2) is 0 Å². The van der Waals surface area contributed by atoms with Gasteiger partial charge in [0, 0.05) is 19.0 Å². The Morgan fingerprint density at radius 1 is 1.20 bits per heavy atom. The summed E-state index contributed by atoms with van der Waals surface area (Å²) in [6.45, 7) is 1.92. The third kappa shape index (κ3) is 3.40. The van der Waals surface area contributed by atoms with Crippen molar-refractivity contribution in [3.63, 3.8) is 0 Å². The van der Waals surface area contributed by atoms with Gasteiger partial charge in [-0.25, -0.2) is 16.8 Å². The third-order valence-electron chi connectivity index (χ3n) is 4.10. The van der Waals surface area contributed by atoms with Gasteiger partial charge >= 0.3 is 0 Å². The molecule has 2 fully saturated rings. The largest absolute Gasteiger partial charge is 0.300 e.